The molecule has 10 heteroatoms. The van der Waals surface area contributed by atoms with Crippen LogP contribution in [-0.4, -0.2) is 58.0 Å². The van der Waals surface area contributed by atoms with Gasteiger partial charge in [0.1, 0.15) is 6.42 Å². The Morgan fingerprint density at radius 2 is 1.65 bits per heavy atom. The lowest BCUT2D eigenvalue weighted by molar-refractivity contribution is -0.123. The molecule has 2 aromatic carbocycles. The van der Waals surface area contributed by atoms with Crippen LogP contribution in [0.2, 0.25) is 0 Å². The van der Waals surface area contributed by atoms with Gasteiger partial charge in [0.05, 0.1) is 35.5 Å². The second kappa shape index (κ2) is 9.15. The average molecular weight is 445 g/mol. The number of carbonyl (C=O) groups is 2. The molecule has 0 aromatic heterocycles. The summed E-state index contributed by atoms with van der Waals surface area (Å²) >= 11 is 0. The molecule has 0 unspecified atom stereocenters. The second-order valence-electron chi connectivity index (χ2n) is 7.48. The van der Waals surface area contributed by atoms with Crippen LogP contribution < -0.4 is 15.4 Å². The summed E-state index contributed by atoms with van der Waals surface area (Å²) in [6.07, 6.45) is -0.315. The Balaban J connectivity index is 1.60. The van der Waals surface area contributed by atoms with Crippen molar-refractivity contribution < 1.29 is 22.7 Å². The van der Waals surface area contributed by atoms with Crippen LogP contribution in [0.1, 0.15) is 18.0 Å². The van der Waals surface area contributed by atoms with Crippen LogP contribution >= 0.6 is 0 Å². The highest BCUT2D eigenvalue weighted by molar-refractivity contribution is 7.89. The smallest absolute Gasteiger partial charge is 0.241 e. The Morgan fingerprint density at radius 1 is 0.968 bits per heavy atom. The molecule has 2 aromatic rings. The van der Waals surface area contributed by atoms with E-state index in [0.29, 0.717) is 25.4 Å². The number of sulfonamides is 1. The van der Waals surface area contributed by atoms with Crippen molar-refractivity contribution in [3.63, 3.8) is 0 Å². The number of nitrogens with one attached hydrogen (secondary N) is 3. The van der Waals surface area contributed by atoms with Crippen molar-refractivity contribution in [3.05, 3.63) is 54.1 Å². The molecule has 2 aliphatic rings. The first kappa shape index (κ1) is 21.4. The summed E-state index contributed by atoms with van der Waals surface area (Å²) in [4.78, 5) is 25.7. The molecule has 31 heavy (non-hydrogen) atoms. The molecule has 2 amide bonds. The van der Waals surface area contributed by atoms with Gasteiger partial charge in [-0.2, -0.15) is 0 Å². The van der Waals surface area contributed by atoms with Crippen molar-refractivity contribution in [3.8, 4) is 0 Å². The number of nitrogens with zero attached hydrogens (tertiary/aromatic N) is 1. The lowest BCUT2D eigenvalue weighted by atomic mass is 10.1. The van der Waals surface area contributed by atoms with Crippen molar-refractivity contribution in [2.24, 2.45) is 0 Å². The standard InChI is InChI=1S/C21H24N4O5S/c26-20-13-21(27)23-18-12-16(6-7-17(18)22-20)31(28,29)24-19(15-4-2-1-3-5-15)14-25-8-10-30-11-9-25/h1-7,12,19,24H,8-11,13-14H2,(H,22,26)(H,23,27)/t19-/m1/s1. The molecule has 3 N–H and O–H groups in total. The van der Waals surface area contributed by atoms with Crippen molar-refractivity contribution in [1.29, 1.82) is 0 Å². The van der Waals surface area contributed by atoms with E-state index >= 15 is 0 Å². The molecule has 0 aliphatic carbocycles. The molecule has 0 saturated carbocycles. The van der Waals surface area contributed by atoms with Crippen molar-refractivity contribution in [2.45, 2.75) is 17.4 Å². The average Bonchev–Trinajstić information content (AvgIpc) is 2.90. The lowest BCUT2D eigenvalue weighted by Gasteiger charge is -2.31. The minimum Gasteiger partial charge on any atom is -0.379 e. The molecule has 164 valence electrons. The minimum absolute atomic E-state index is 0.00519. The monoisotopic (exact) mass is 444 g/mol. The molecule has 1 atom stereocenters. The van der Waals surface area contributed by atoms with Crippen LogP contribution in [0.15, 0.2) is 53.4 Å². The number of fused-ring (bicyclic) bond motifs is 1. The maximum Gasteiger partial charge on any atom is 0.241 e. The molecule has 1 fully saturated rings. The highest BCUT2D eigenvalue weighted by Gasteiger charge is 2.26. The fourth-order valence-electron chi connectivity index (χ4n) is 3.63. The van der Waals surface area contributed by atoms with Crippen molar-refractivity contribution in [2.75, 3.05) is 43.5 Å². The lowest BCUT2D eigenvalue weighted by Crippen LogP contribution is -2.43. The zero-order chi connectivity index (χ0) is 21.8. The third-order valence-electron chi connectivity index (χ3n) is 5.21. The van der Waals surface area contributed by atoms with Gasteiger partial charge in [-0.15, -0.1) is 0 Å². The van der Waals surface area contributed by atoms with E-state index in [1.54, 1.807) is 0 Å². The van der Waals surface area contributed by atoms with Gasteiger partial charge in [-0.05, 0) is 23.8 Å². The van der Waals surface area contributed by atoms with Gasteiger partial charge in [-0.3, -0.25) is 14.5 Å². The van der Waals surface area contributed by atoms with Gasteiger partial charge < -0.3 is 15.4 Å². The first-order chi connectivity index (χ1) is 14.9. The van der Waals surface area contributed by atoms with Crippen LogP contribution in [0.4, 0.5) is 11.4 Å². The highest BCUT2D eigenvalue weighted by atomic mass is 32.2. The highest BCUT2D eigenvalue weighted by Crippen LogP contribution is 2.28. The molecular weight excluding hydrogens is 420 g/mol. The summed E-state index contributed by atoms with van der Waals surface area (Å²) in [5.74, 6) is -0.937. The maximum absolute atomic E-state index is 13.2. The first-order valence-corrected chi connectivity index (χ1v) is 11.5. The zero-order valence-corrected chi connectivity index (χ0v) is 17.7. The number of hydrogen-bond donors (Lipinski definition) is 3. The number of carbonyl (C=O) groups excluding carboxylic acids is 2. The fraction of sp³-hybridized carbons (Fsp3) is 0.333. The Labute approximate surface area is 180 Å². The van der Waals surface area contributed by atoms with Gasteiger partial charge in [0.15, 0.2) is 0 Å². The number of amides is 2. The van der Waals surface area contributed by atoms with Gasteiger partial charge in [-0.1, -0.05) is 30.3 Å². The molecular formula is C21H24N4O5S. The van der Waals surface area contributed by atoms with Crippen LogP contribution in [0.5, 0.6) is 0 Å². The maximum atomic E-state index is 13.2. The SMILES string of the molecule is O=C1CC(=O)Nc2cc(S(=O)(=O)N[C@H](CN3CCOCC3)c3ccccc3)ccc2N1. The van der Waals surface area contributed by atoms with E-state index < -0.39 is 27.9 Å². The van der Waals surface area contributed by atoms with E-state index in [-0.39, 0.29) is 17.0 Å². The topological polar surface area (TPSA) is 117 Å². The molecule has 0 radical (unpaired) electrons. The number of anilines is 2. The zero-order valence-electron chi connectivity index (χ0n) is 16.8. The third-order valence-corrected chi connectivity index (χ3v) is 6.68. The molecule has 4 rings (SSSR count). The Morgan fingerprint density at radius 3 is 2.35 bits per heavy atom. The second-order valence-corrected chi connectivity index (χ2v) is 9.19. The van der Waals surface area contributed by atoms with E-state index in [1.807, 2.05) is 30.3 Å². The Kier molecular flexibility index (Phi) is 6.33. The Hall–Kier alpha value is -2.79. The predicted octanol–water partition coefficient (Wildman–Crippen LogP) is 1.32. The fourth-order valence-corrected chi connectivity index (χ4v) is 4.87. The summed E-state index contributed by atoms with van der Waals surface area (Å²) in [6.45, 7) is 3.20. The van der Waals surface area contributed by atoms with Crippen molar-refractivity contribution in [1.82, 2.24) is 9.62 Å². The van der Waals surface area contributed by atoms with Crippen LogP contribution in [-0.2, 0) is 24.3 Å². The van der Waals surface area contributed by atoms with Gasteiger partial charge >= 0.3 is 0 Å². The van der Waals surface area contributed by atoms with Gasteiger partial charge in [0.25, 0.3) is 0 Å². The largest absolute Gasteiger partial charge is 0.379 e. The van der Waals surface area contributed by atoms with Gasteiger partial charge in [0, 0.05) is 19.6 Å². The summed E-state index contributed by atoms with van der Waals surface area (Å²) < 4.78 is 34.6. The minimum atomic E-state index is -3.91. The molecule has 9 nitrogen and oxygen atoms in total. The van der Waals surface area contributed by atoms with Gasteiger partial charge in [0.2, 0.25) is 21.8 Å². The van der Waals surface area contributed by atoms with Crippen molar-refractivity contribution >= 4 is 33.2 Å². The quantitative estimate of drug-likeness (QED) is 0.579. The summed E-state index contributed by atoms with van der Waals surface area (Å²) in [5, 5.41) is 5.18. The number of morpholine rings is 1. The van der Waals surface area contributed by atoms with Crippen LogP contribution in [0, 0.1) is 0 Å². The van der Waals surface area contributed by atoms with Gasteiger partial charge in [-0.25, -0.2) is 13.1 Å². The normalized spacial score (nSPS) is 18.5. The van der Waals surface area contributed by atoms with E-state index in [1.165, 1.54) is 18.2 Å². The number of benzene rings is 2. The van der Waals surface area contributed by atoms with E-state index in [4.69, 9.17) is 4.74 Å². The summed E-state index contributed by atoms with van der Waals surface area (Å²) in [6, 6.07) is 13.2. The van der Waals surface area contributed by atoms with E-state index in [2.05, 4.69) is 20.3 Å². The number of hydrogen-bond acceptors (Lipinski definition) is 6. The molecule has 2 heterocycles. The van der Waals surface area contributed by atoms with Crippen LogP contribution in [0.25, 0.3) is 0 Å². The number of ether oxygens (including phenoxy) is 1. The first-order valence-electron chi connectivity index (χ1n) is 10.0. The molecule has 1 saturated heterocycles. The van der Waals surface area contributed by atoms with E-state index in [0.717, 1.165) is 18.7 Å². The predicted molar refractivity (Wildman–Crippen MR) is 115 cm³/mol. The molecule has 2 aliphatic heterocycles. The Bertz CT molecular complexity index is 1070. The third kappa shape index (κ3) is 5.28. The van der Waals surface area contributed by atoms with Crippen LogP contribution in [0.3, 0.4) is 0 Å². The molecule has 0 bridgehead atoms. The summed E-state index contributed by atoms with van der Waals surface area (Å²) in [7, 11) is -3.91. The van der Waals surface area contributed by atoms with E-state index in [9.17, 15) is 18.0 Å². The summed E-state index contributed by atoms with van der Waals surface area (Å²) in [5.41, 5.74) is 1.47. The molecule has 0 spiro atoms. The number of rotatable bonds is 6.